The van der Waals surface area contributed by atoms with Gasteiger partial charge in [-0.3, -0.25) is 9.10 Å². The summed E-state index contributed by atoms with van der Waals surface area (Å²) in [7, 11) is -1.84. The Kier molecular flexibility index (Phi) is 5.66. The van der Waals surface area contributed by atoms with Gasteiger partial charge >= 0.3 is 0 Å². The van der Waals surface area contributed by atoms with E-state index in [4.69, 9.17) is 0 Å². The zero-order valence-corrected chi connectivity index (χ0v) is 15.6. The van der Waals surface area contributed by atoms with Crippen LogP contribution in [0.5, 0.6) is 0 Å². The summed E-state index contributed by atoms with van der Waals surface area (Å²) in [5.41, 5.74) is 1.05. The fraction of sp³-hybridized carbons (Fsp3) is 0.400. The number of carbonyl (C=O) groups is 1. The largest absolute Gasteiger partial charge is 0.306 e. The van der Waals surface area contributed by atoms with E-state index >= 15 is 0 Å². The van der Waals surface area contributed by atoms with E-state index in [0.29, 0.717) is 16.4 Å². The van der Waals surface area contributed by atoms with E-state index in [1.807, 2.05) is 18.4 Å². The Morgan fingerprint density at radius 2 is 1.92 bits per heavy atom. The van der Waals surface area contributed by atoms with Gasteiger partial charge in [-0.1, -0.05) is 11.8 Å². The van der Waals surface area contributed by atoms with Crippen molar-refractivity contribution >= 4 is 33.3 Å². The van der Waals surface area contributed by atoms with Crippen LogP contribution in [0.15, 0.2) is 35.7 Å². The third-order valence-electron chi connectivity index (χ3n) is 3.48. The molecule has 2 rings (SSSR count). The van der Waals surface area contributed by atoms with E-state index in [1.165, 1.54) is 23.1 Å². The summed E-state index contributed by atoms with van der Waals surface area (Å²) < 4.78 is 26.1. The van der Waals surface area contributed by atoms with Crippen molar-refractivity contribution in [1.82, 2.24) is 14.8 Å². The molecular formula is C15H20N4O3S2. The summed E-state index contributed by atoms with van der Waals surface area (Å²) in [6, 6.07) is 6.73. The molecule has 0 atom stereocenters. The number of sulfonamides is 1. The second-order valence-electron chi connectivity index (χ2n) is 5.60. The lowest BCUT2D eigenvalue weighted by Crippen LogP contribution is -2.24. The van der Waals surface area contributed by atoms with Gasteiger partial charge in [-0.15, -0.1) is 10.2 Å². The van der Waals surface area contributed by atoms with Gasteiger partial charge in [-0.2, -0.15) is 0 Å². The maximum Gasteiger partial charge on any atom is 0.231 e. The molecule has 9 heteroatoms. The van der Waals surface area contributed by atoms with Gasteiger partial charge in [0, 0.05) is 18.7 Å². The van der Waals surface area contributed by atoms with Crippen molar-refractivity contribution in [2.24, 2.45) is 0 Å². The molecule has 0 saturated carbocycles. The summed E-state index contributed by atoms with van der Waals surface area (Å²) in [5.74, 6) is 0.194. The molecule has 0 unspecified atom stereocenters. The highest BCUT2D eigenvalue weighted by atomic mass is 32.2. The molecule has 0 aliphatic rings. The minimum Gasteiger partial charge on any atom is -0.306 e. The molecule has 0 fully saturated rings. The van der Waals surface area contributed by atoms with Crippen molar-refractivity contribution in [3.8, 4) is 0 Å². The van der Waals surface area contributed by atoms with Crippen molar-refractivity contribution in [3.05, 3.63) is 36.2 Å². The minimum atomic E-state index is -3.32. The Hall–Kier alpha value is -1.87. The van der Waals surface area contributed by atoms with Crippen molar-refractivity contribution in [3.63, 3.8) is 0 Å². The first-order chi connectivity index (χ1) is 11.2. The molecule has 0 saturated heterocycles. The molecule has 1 aromatic carbocycles. The van der Waals surface area contributed by atoms with Crippen LogP contribution in [0.4, 0.5) is 5.69 Å². The summed E-state index contributed by atoms with van der Waals surface area (Å²) in [5, 5.41) is 8.58. The Balaban J connectivity index is 2.04. The molecule has 0 N–H and O–H groups in total. The fourth-order valence-electron chi connectivity index (χ4n) is 1.95. The molecule has 0 amide bonds. The number of thioether (sulfide) groups is 1. The number of hydrogen-bond donors (Lipinski definition) is 0. The van der Waals surface area contributed by atoms with Crippen molar-refractivity contribution in [2.75, 3.05) is 23.4 Å². The van der Waals surface area contributed by atoms with E-state index in [-0.39, 0.29) is 17.6 Å². The summed E-state index contributed by atoms with van der Waals surface area (Å²) in [6.45, 7) is 4.04. The van der Waals surface area contributed by atoms with Gasteiger partial charge < -0.3 is 4.57 Å². The lowest BCUT2D eigenvalue weighted by atomic mass is 10.1. The lowest BCUT2D eigenvalue weighted by molar-refractivity contribution is 0.102. The molecule has 24 heavy (non-hydrogen) atoms. The first-order valence-corrected chi connectivity index (χ1v) is 10.1. The van der Waals surface area contributed by atoms with Gasteiger partial charge in [-0.25, -0.2) is 8.42 Å². The minimum absolute atomic E-state index is 0.0492. The van der Waals surface area contributed by atoms with Crippen LogP contribution in [-0.2, 0) is 10.0 Å². The first kappa shape index (κ1) is 18.5. The van der Waals surface area contributed by atoms with Crippen LogP contribution in [0, 0.1) is 0 Å². The fourth-order valence-corrected chi connectivity index (χ4v) is 3.40. The summed E-state index contributed by atoms with van der Waals surface area (Å²) in [4.78, 5) is 12.3. The second-order valence-corrected chi connectivity index (χ2v) is 8.56. The van der Waals surface area contributed by atoms with Crippen LogP contribution >= 0.6 is 11.8 Å². The smallest absolute Gasteiger partial charge is 0.231 e. The van der Waals surface area contributed by atoms with Crippen molar-refractivity contribution in [1.29, 1.82) is 0 Å². The highest BCUT2D eigenvalue weighted by Gasteiger charge is 2.14. The van der Waals surface area contributed by atoms with E-state index < -0.39 is 10.0 Å². The number of nitrogens with zero attached hydrogens (tertiary/aromatic N) is 4. The molecule has 2 aromatic rings. The van der Waals surface area contributed by atoms with E-state index in [1.54, 1.807) is 30.6 Å². The number of aromatic nitrogens is 3. The average molecular weight is 368 g/mol. The van der Waals surface area contributed by atoms with E-state index in [9.17, 15) is 13.2 Å². The number of hydrogen-bond acceptors (Lipinski definition) is 6. The highest BCUT2D eigenvalue weighted by molar-refractivity contribution is 7.99. The summed E-state index contributed by atoms with van der Waals surface area (Å²) >= 11 is 1.33. The van der Waals surface area contributed by atoms with Crippen LogP contribution in [0.25, 0.3) is 0 Å². The molecule has 130 valence electrons. The Morgan fingerprint density at radius 1 is 1.29 bits per heavy atom. The van der Waals surface area contributed by atoms with Gasteiger partial charge in [0.25, 0.3) is 0 Å². The van der Waals surface area contributed by atoms with Crippen LogP contribution in [-0.4, -0.2) is 48.0 Å². The molecule has 7 nitrogen and oxygen atoms in total. The predicted octanol–water partition coefficient (Wildman–Crippen LogP) is 2.23. The summed E-state index contributed by atoms with van der Waals surface area (Å²) in [6.07, 6.45) is 2.78. The normalized spacial score (nSPS) is 11.7. The number of ketones is 1. The van der Waals surface area contributed by atoms with E-state index in [0.717, 1.165) is 6.26 Å². The standard InChI is InChI=1S/C15H20N4O3S2/c1-11(2)19-10-16-17-15(19)23-9-14(20)12-5-7-13(8-6-12)18(3)24(4,21)22/h5-8,10-11H,9H2,1-4H3. The molecular weight excluding hydrogens is 348 g/mol. The molecule has 0 spiro atoms. The molecule has 1 heterocycles. The van der Waals surface area contributed by atoms with Crippen LogP contribution in [0.1, 0.15) is 30.2 Å². The number of rotatable bonds is 7. The number of benzene rings is 1. The van der Waals surface area contributed by atoms with Gasteiger partial charge in [0.05, 0.1) is 17.7 Å². The number of carbonyl (C=O) groups excluding carboxylic acids is 1. The van der Waals surface area contributed by atoms with Crippen LogP contribution < -0.4 is 4.31 Å². The lowest BCUT2D eigenvalue weighted by Gasteiger charge is -2.16. The quantitative estimate of drug-likeness (QED) is 0.550. The van der Waals surface area contributed by atoms with Crippen LogP contribution in [0.2, 0.25) is 0 Å². The molecule has 1 aromatic heterocycles. The molecule has 0 aliphatic carbocycles. The first-order valence-electron chi connectivity index (χ1n) is 7.29. The van der Waals surface area contributed by atoms with Crippen molar-refractivity contribution in [2.45, 2.75) is 25.0 Å². The molecule has 0 radical (unpaired) electrons. The maximum absolute atomic E-state index is 12.3. The predicted molar refractivity (Wildman–Crippen MR) is 95.2 cm³/mol. The Bertz CT molecular complexity index is 813. The van der Waals surface area contributed by atoms with Gasteiger partial charge in [0.2, 0.25) is 10.0 Å². The zero-order valence-electron chi connectivity index (χ0n) is 14.0. The van der Waals surface area contributed by atoms with Crippen LogP contribution in [0.3, 0.4) is 0 Å². The zero-order chi connectivity index (χ0) is 17.9. The third kappa shape index (κ3) is 4.35. The highest BCUT2D eigenvalue weighted by Crippen LogP contribution is 2.21. The number of anilines is 1. The SMILES string of the molecule is CC(C)n1cnnc1SCC(=O)c1ccc(N(C)S(C)(=O)=O)cc1. The molecule has 0 aliphatic heterocycles. The Labute approximate surface area is 146 Å². The van der Waals surface area contributed by atoms with Gasteiger partial charge in [-0.05, 0) is 38.1 Å². The Morgan fingerprint density at radius 3 is 2.46 bits per heavy atom. The van der Waals surface area contributed by atoms with Gasteiger partial charge in [0.15, 0.2) is 10.9 Å². The van der Waals surface area contributed by atoms with Gasteiger partial charge in [0.1, 0.15) is 6.33 Å². The molecule has 0 bridgehead atoms. The average Bonchev–Trinajstić information content (AvgIpc) is 3.00. The maximum atomic E-state index is 12.3. The van der Waals surface area contributed by atoms with Crippen molar-refractivity contribution < 1.29 is 13.2 Å². The van der Waals surface area contributed by atoms with E-state index in [2.05, 4.69) is 10.2 Å². The monoisotopic (exact) mass is 368 g/mol. The second kappa shape index (κ2) is 7.35. The third-order valence-corrected chi connectivity index (χ3v) is 5.64. The topological polar surface area (TPSA) is 85.2 Å². The number of Topliss-reactive ketones (excluding diaryl/α,β-unsaturated/α-hetero) is 1.